The predicted octanol–water partition coefficient (Wildman–Crippen LogP) is 7.29. The van der Waals surface area contributed by atoms with Gasteiger partial charge in [-0.05, 0) is 63.0 Å². The maximum atomic E-state index is 12.9. The molecule has 0 radical (unpaired) electrons. The molecule has 1 atom stereocenters. The molecule has 0 bridgehead atoms. The molecule has 1 aromatic carbocycles. The lowest BCUT2D eigenvalue weighted by molar-refractivity contribution is -0.136. The van der Waals surface area contributed by atoms with Crippen molar-refractivity contribution in [2.24, 2.45) is 16.1 Å². The minimum Gasteiger partial charge on any atom is -0.677 e. The molecule has 4 rings (SSSR count). The van der Waals surface area contributed by atoms with Gasteiger partial charge in [-0.1, -0.05) is 49.6 Å². The topological polar surface area (TPSA) is 126 Å². The molecular formula is C28H43N6O3S-. The van der Waals surface area contributed by atoms with Crippen LogP contribution >= 0.6 is 10.3 Å². The number of para-hydroxylation sites is 1. The number of hydrogen-bond donors (Lipinski definition) is 1. The Morgan fingerprint density at radius 2 is 1.79 bits per heavy atom. The molecule has 210 valence electrons. The summed E-state index contributed by atoms with van der Waals surface area (Å²) in [7, 11) is -2.41. The van der Waals surface area contributed by atoms with Crippen LogP contribution in [0.15, 0.2) is 46.8 Å². The van der Waals surface area contributed by atoms with Gasteiger partial charge in [-0.2, -0.15) is 16.8 Å². The number of hydrogen-bond acceptors (Lipinski definition) is 7. The lowest BCUT2D eigenvalue weighted by Crippen LogP contribution is -2.28. The molecule has 9 nitrogen and oxygen atoms in total. The van der Waals surface area contributed by atoms with E-state index in [1.54, 1.807) is 4.68 Å². The lowest BCUT2D eigenvalue weighted by Gasteiger charge is -2.38. The highest BCUT2D eigenvalue weighted by Crippen LogP contribution is 2.49. The Morgan fingerprint density at radius 3 is 2.53 bits per heavy atom. The first-order chi connectivity index (χ1) is 18.4. The van der Waals surface area contributed by atoms with Crippen LogP contribution in [-0.2, 0) is 15.4 Å². The second-order valence-electron chi connectivity index (χ2n) is 10.9. The van der Waals surface area contributed by atoms with Gasteiger partial charge >= 0.3 is 5.97 Å². The third kappa shape index (κ3) is 8.61. The van der Waals surface area contributed by atoms with Crippen molar-refractivity contribution in [2.75, 3.05) is 18.1 Å². The number of aromatic nitrogens is 3. The zero-order valence-corrected chi connectivity index (χ0v) is 23.3. The Bertz CT molecular complexity index is 1080. The van der Waals surface area contributed by atoms with Gasteiger partial charge in [0.25, 0.3) is 0 Å². The van der Waals surface area contributed by atoms with E-state index in [1.165, 1.54) is 32.1 Å². The summed E-state index contributed by atoms with van der Waals surface area (Å²) >= 11 is 0. The van der Waals surface area contributed by atoms with E-state index < -0.39 is 16.3 Å². The van der Waals surface area contributed by atoms with Crippen molar-refractivity contribution < 1.29 is 14.1 Å². The van der Waals surface area contributed by atoms with E-state index in [0.29, 0.717) is 36.4 Å². The van der Waals surface area contributed by atoms with E-state index >= 15 is 0 Å². The molecular weight excluding hydrogens is 500 g/mol. The number of azo groups is 1. The molecule has 2 fully saturated rings. The zero-order chi connectivity index (χ0) is 26.8. The first kappa shape index (κ1) is 28.7. The summed E-state index contributed by atoms with van der Waals surface area (Å²) < 4.78 is 19.1. The Balaban J connectivity index is 1.38. The number of unbranched alkanes of at least 4 members (excludes halogenated alkanes) is 1. The molecule has 0 amide bonds. The van der Waals surface area contributed by atoms with Gasteiger partial charge in [0.1, 0.15) is 11.3 Å². The molecule has 1 unspecified atom stereocenters. The van der Waals surface area contributed by atoms with Crippen LogP contribution in [0.2, 0.25) is 0 Å². The van der Waals surface area contributed by atoms with Crippen LogP contribution in [0, 0.1) is 5.92 Å². The van der Waals surface area contributed by atoms with E-state index in [2.05, 4.69) is 22.0 Å². The molecule has 2 aliphatic carbocycles. The van der Waals surface area contributed by atoms with Crippen LogP contribution in [-0.4, -0.2) is 55.7 Å². The molecule has 38 heavy (non-hydrogen) atoms. The van der Waals surface area contributed by atoms with E-state index in [9.17, 15) is 9.35 Å². The monoisotopic (exact) mass is 543 g/mol. The summed E-state index contributed by atoms with van der Waals surface area (Å²) in [5, 5.41) is 17.9. The van der Waals surface area contributed by atoms with Crippen molar-refractivity contribution >= 4 is 27.3 Å². The van der Waals surface area contributed by atoms with Crippen LogP contribution < -0.4 is 0 Å². The minimum absolute atomic E-state index is 0.0556. The molecule has 0 saturated heterocycles. The molecule has 2 N–H and O–H groups in total. The number of carbonyl (C=O) groups excluding carboxylic acids is 1. The summed E-state index contributed by atoms with van der Waals surface area (Å²) in [4.78, 5) is 12.9. The van der Waals surface area contributed by atoms with Crippen molar-refractivity contribution in [3.8, 4) is 0 Å². The van der Waals surface area contributed by atoms with Crippen LogP contribution in [0.1, 0.15) is 77.0 Å². The van der Waals surface area contributed by atoms with Gasteiger partial charge in [0.05, 0.1) is 29.2 Å². The van der Waals surface area contributed by atoms with Crippen LogP contribution in [0.25, 0.3) is 16.8 Å². The van der Waals surface area contributed by atoms with Crippen LogP contribution in [0.4, 0.5) is 0 Å². The van der Waals surface area contributed by atoms with Gasteiger partial charge in [-0.3, -0.25) is 4.79 Å². The summed E-state index contributed by atoms with van der Waals surface area (Å²) in [6, 6.07) is 8.34. The highest BCUT2D eigenvalue weighted by Gasteiger charge is 2.33. The van der Waals surface area contributed by atoms with Gasteiger partial charge in [0.15, 0.2) is 0 Å². The molecule has 0 spiro atoms. The second-order valence-corrected chi connectivity index (χ2v) is 13.8. The number of carbonyl (C=O) groups is 1. The zero-order valence-electron chi connectivity index (χ0n) is 22.5. The summed E-state index contributed by atoms with van der Waals surface area (Å²) in [5.41, 5.74) is 8.88. The second kappa shape index (κ2) is 14.2. The van der Waals surface area contributed by atoms with Crippen molar-refractivity contribution in [2.45, 2.75) is 95.0 Å². The molecule has 1 heterocycles. The fraction of sp³-hybridized carbons (Fsp3) is 0.679. The molecule has 10 heteroatoms. The average Bonchev–Trinajstić information content (AvgIpc) is 3.31. The normalized spacial score (nSPS) is 23.3. The largest absolute Gasteiger partial charge is 0.677 e. The third-order valence-electron chi connectivity index (χ3n) is 7.64. The van der Waals surface area contributed by atoms with Crippen molar-refractivity contribution in [3.63, 3.8) is 0 Å². The summed E-state index contributed by atoms with van der Waals surface area (Å²) in [5.74, 6) is 1.03. The Hall–Kier alpha value is -2.30. The van der Waals surface area contributed by atoms with Crippen molar-refractivity contribution in [1.29, 1.82) is 0 Å². The van der Waals surface area contributed by atoms with Crippen molar-refractivity contribution in [3.05, 3.63) is 42.3 Å². The number of nitrogens with one attached hydrogen (secondary N) is 1. The van der Waals surface area contributed by atoms with Gasteiger partial charge in [0.2, 0.25) is 0 Å². The number of allylic oxidation sites excluding steroid dienone is 1. The highest BCUT2D eigenvalue weighted by molar-refractivity contribution is 8.28. The maximum Gasteiger partial charge on any atom is 0.321 e. The van der Waals surface area contributed by atoms with Crippen molar-refractivity contribution in [1.82, 2.24) is 15.0 Å². The number of rotatable bonds is 13. The number of fused-ring (bicyclic) bond motifs is 1. The Kier molecular flexibility index (Phi) is 10.7. The molecule has 2 saturated carbocycles. The summed E-state index contributed by atoms with van der Waals surface area (Å²) in [6.07, 6.45) is 12.1. The number of esters is 1. The minimum atomic E-state index is -2.41. The highest BCUT2D eigenvalue weighted by atomic mass is 32.3. The number of benzene rings is 1. The van der Waals surface area contributed by atoms with E-state index in [1.807, 2.05) is 24.3 Å². The quantitative estimate of drug-likeness (QED) is 0.123. The van der Waals surface area contributed by atoms with Crippen LogP contribution in [0.5, 0.6) is 0 Å². The maximum absolute atomic E-state index is 12.9. The van der Waals surface area contributed by atoms with Gasteiger partial charge in [-0.15, -0.1) is 15.4 Å². The van der Waals surface area contributed by atoms with E-state index in [4.69, 9.17) is 15.6 Å². The molecule has 2 aliphatic rings. The number of nitrogens with zero attached hydrogens (tertiary/aromatic N) is 5. The summed E-state index contributed by atoms with van der Waals surface area (Å²) in [6.45, 7) is 4.21. The third-order valence-corrected chi connectivity index (χ3v) is 10.2. The predicted molar refractivity (Wildman–Crippen MR) is 153 cm³/mol. The van der Waals surface area contributed by atoms with E-state index in [-0.39, 0.29) is 17.7 Å². The lowest BCUT2D eigenvalue weighted by atomic mass is 9.88. The smallest absolute Gasteiger partial charge is 0.321 e. The fourth-order valence-electron chi connectivity index (χ4n) is 5.56. The standard InChI is InChI=1S/C28H43N6O3S/c1-22(9-7-8-18-29)37-28(35)20-38(36,21-34-27-13-6-5-12-26(27)32-33-34)19-23-14-16-25(17-15-23)31-30-24-10-3-2-4-11-24/h5-6,12-13,23-25,29,36H,1-4,7-11,14-21H2/q-1. The Morgan fingerprint density at radius 1 is 1.08 bits per heavy atom. The molecule has 2 aromatic rings. The van der Waals surface area contributed by atoms with Gasteiger partial charge < -0.3 is 15.0 Å². The molecule has 1 aromatic heterocycles. The van der Waals surface area contributed by atoms with Gasteiger partial charge in [0, 0.05) is 12.2 Å². The first-order valence-corrected chi connectivity index (χ1v) is 16.2. The van der Waals surface area contributed by atoms with Crippen LogP contribution in [0.3, 0.4) is 0 Å². The van der Waals surface area contributed by atoms with Gasteiger partial charge in [-0.25, -0.2) is 4.68 Å². The average molecular weight is 544 g/mol. The first-order valence-electron chi connectivity index (χ1n) is 14.1. The van der Waals surface area contributed by atoms with E-state index in [0.717, 1.165) is 49.6 Å². The fourth-order valence-corrected chi connectivity index (χ4v) is 8.23. The Labute approximate surface area is 227 Å². The molecule has 0 aliphatic heterocycles. The number of ether oxygens (including phenoxy) is 1. The SMILES string of the molecule is C=C(CCCC[NH-])OC(=O)CS(O)(CC1CCC(N=NC2CCCCC2)CC1)Cn1nnc2ccccc21.